The molecule has 116 valence electrons. The van der Waals surface area contributed by atoms with Gasteiger partial charge in [0.15, 0.2) is 0 Å². The molecule has 2 amide bonds. The van der Waals surface area contributed by atoms with Crippen LogP contribution < -0.4 is 5.32 Å². The van der Waals surface area contributed by atoms with E-state index < -0.39 is 0 Å². The molecule has 0 aliphatic heterocycles. The summed E-state index contributed by atoms with van der Waals surface area (Å²) in [6.07, 6.45) is 1.76. The van der Waals surface area contributed by atoms with E-state index in [1.165, 1.54) is 0 Å². The minimum Gasteiger partial charge on any atom is -0.352 e. The van der Waals surface area contributed by atoms with Crippen LogP contribution in [0.5, 0.6) is 0 Å². The standard InChI is InChI=1S/C17H26N2O2/c1-4-10-19(11-5-2)17(21)12-16(20)18-13-15-9-7-6-8-14(15)3/h6-9H,4-5,10-13H2,1-3H3,(H,18,20). The first-order valence-electron chi connectivity index (χ1n) is 7.67. The molecule has 1 N–H and O–H groups in total. The average molecular weight is 290 g/mol. The number of hydrogen-bond acceptors (Lipinski definition) is 2. The van der Waals surface area contributed by atoms with Gasteiger partial charge in [-0.25, -0.2) is 0 Å². The first-order valence-corrected chi connectivity index (χ1v) is 7.67. The zero-order chi connectivity index (χ0) is 15.7. The second-order valence-electron chi connectivity index (χ2n) is 5.26. The molecule has 0 unspecified atom stereocenters. The number of amides is 2. The minimum atomic E-state index is -0.208. The third-order valence-electron chi connectivity index (χ3n) is 3.39. The molecule has 21 heavy (non-hydrogen) atoms. The van der Waals surface area contributed by atoms with E-state index in [1.807, 2.05) is 45.0 Å². The van der Waals surface area contributed by atoms with Crippen molar-refractivity contribution in [2.24, 2.45) is 0 Å². The summed E-state index contributed by atoms with van der Waals surface area (Å²) in [7, 11) is 0. The van der Waals surface area contributed by atoms with Gasteiger partial charge in [0.1, 0.15) is 6.42 Å². The highest BCUT2D eigenvalue weighted by atomic mass is 16.2. The maximum Gasteiger partial charge on any atom is 0.232 e. The topological polar surface area (TPSA) is 49.4 Å². The van der Waals surface area contributed by atoms with Crippen LogP contribution in [0.4, 0.5) is 0 Å². The lowest BCUT2D eigenvalue weighted by atomic mass is 10.1. The van der Waals surface area contributed by atoms with Gasteiger partial charge >= 0.3 is 0 Å². The Bertz CT molecular complexity index is 466. The molecular formula is C17H26N2O2. The van der Waals surface area contributed by atoms with Gasteiger partial charge in [-0.2, -0.15) is 0 Å². The van der Waals surface area contributed by atoms with Gasteiger partial charge in [-0.05, 0) is 30.9 Å². The van der Waals surface area contributed by atoms with Crippen molar-refractivity contribution in [3.05, 3.63) is 35.4 Å². The Hall–Kier alpha value is -1.84. The highest BCUT2D eigenvalue weighted by Gasteiger charge is 2.15. The molecule has 0 saturated heterocycles. The van der Waals surface area contributed by atoms with Crippen molar-refractivity contribution < 1.29 is 9.59 Å². The molecule has 0 fully saturated rings. The van der Waals surface area contributed by atoms with Gasteiger partial charge in [-0.1, -0.05) is 38.1 Å². The quantitative estimate of drug-likeness (QED) is 0.748. The lowest BCUT2D eigenvalue weighted by Gasteiger charge is -2.21. The second kappa shape index (κ2) is 9.16. The normalized spacial score (nSPS) is 10.2. The van der Waals surface area contributed by atoms with Crippen LogP contribution in [-0.2, 0) is 16.1 Å². The Labute approximate surface area is 127 Å². The van der Waals surface area contributed by atoms with Crippen molar-refractivity contribution in [3.8, 4) is 0 Å². The van der Waals surface area contributed by atoms with E-state index in [4.69, 9.17) is 0 Å². The summed E-state index contributed by atoms with van der Waals surface area (Å²) >= 11 is 0. The smallest absolute Gasteiger partial charge is 0.232 e. The van der Waals surface area contributed by atoms with Crippen molar-refractivity contribution in [1.82, 2.24) is 10.2 Å². The Kier molecular flexibility index (Phi) is 7.51. The molecule has 1 aromatic rings. The minimum absolute atomic E-state index is 0.0636. The maximum atomic E-state index is 12.1. The summed E-state index contributed by atoms with van der Waals surface area (Å²) in [6, 6.07) is 7.91. The predicted octanol–water partition coefficient (Wildman–Crippen LogP) is 2.65. The largest absolute Gasteiger partial charge is 0.352 e. The van der Waals surface area contributed by atoms with Crippen LogP contribution in [0, 0.1) is 6.92 Å². The van der Waals surface area contributed by atoms with Crippen LogP contribution in [0.3, 0.4) is 0 Å². The zero-order valence-electron chi connectivity index (χ0n) is 13.3. The molecule has 0 atom stereocenters. The van der Waals surface area contributed by atoms with E-state index in [1.54, 1.807) is 4.90 Å². The molecule has 1 aromatic carbocycles. The van der Waals surface area contributed by atoms with Gasteiger partial charge < -0.3 is 10.2 Å². The van der Waals surface area contributed by atoms with Crippen molar-refractivity contribution in [2.45, 2.75) is 46.6 Å². The van der Waals surface area contributed by atoms with E-state index in [2.05, 4.69) is 5.32 Å². The predicted molar refractivity (Wildman–Crippen MR) is 84.8 cm³/mol. The number of rotatable bonds is 8. The number of nitrogens with one attached hydrogen (secondary N) is 1. The number of carbonyl (C=O) groups is 2. The fourth-order valence-electron chi connectivity index (χ4n) is 2.21. The summed E-state index contributed by atoms with van der Waals surface area (Å²) in [4.78, 5) is 25.7. The molecule has 4 nitrogen and oxygen atoms in total. The van der Waals surface area contributed by atoms with Crippen LogP contribution in [0.1, 0.15) is 44.2 Å². The van der Waals surface area contributed by atoms with E-state index >= 15 is 0 Å². The third kappa shape index (κ3) is 5.98. The van der Waals surface area contributed by atoms with E-state index in [-0.39, 0.29) is 18.2 Å². The highest BCUT2D eigenvalue weighted by molar-refractivity contribution is 5.96. The Morgan fingerprint density at radius 2 is 1.71 bits per heavy atom. The fourth-order valence-corrected chi connectivity index (χ4v) is 2.21. The van der Waals surface area contributed by atoms with Gasteiger partial charge in [-0.3, -0.25) is 9.59 Å². The average Bonchev–Trinajstić information content (AvgIpc) is 2.46. The number of hydrogen-bond donors (Lipinski definition) is 1. The molecular weight excluding hydrogens is 264 g/mol. The molecule has 0 bridgehead atoms. The molecule has 0 aliphatic rings. The van der Waals surface area contributed by atoms with Crippen molar-refractivity contribution in [2.75, 3.05) is 13.1 Å². The molecule has 4 heteroatoms. The fraction of sp³-hybridized carbons (Fsp3) is 0.529. The SMILES string of the molecule is CCCN(CCC)C(=O)CC(=O)NCc1ccccc1C. The summed E-state index contributed by atoms with van der Waals surface area (Å²) < 4.78 is 0. The zero-order valence-corrected chi connectivity index (χ0v) is 13.3. The van der Waals surface area contributed by atoms with Gasteiger partial charge in [0.25, 0.3) is 0 Å². The lowest BCUT2D eigenvalue weighted by Crippen LogP contribution is -2.36. The van der Waals surface area contributed by atoms with Gasteiger partial charge in [0.05, 0.1) is 0 Å². The lowest BCUT2D eigenvalue weighted by molar-refractivity contribution is -0.136. The summed E-state index contributed by atoms with van der Waals surface area (Å²) in [5.41, 5.74) is 2.22. The number of nitrogens with zero attached hydrogens (tertiary/aromatic N) is 1. The van der Waals surface area contributed by atoms with Crippen molar-refractivity contribution in [1.29, 1.82) is 0 Å². The van der Waals surface area contributed by atoms with Crippen LogP contribution in [0.15, 0.2) is 24.3 Å². The van der Waals surface area contributed by atoms with E-state index in [0.29, 0.717) is 6.54 Å². The van der Waals surface area contributed by atoms with E-state index in [9.17, 15) is 9.59 Å². The number of aryl methyl sites for hydroxylation is 1. The van der Waals surface area contributed by atoms with Crippen LogP contribution in [0.2, 0.25) is 0 Å². The first kappa shape index (κ1) is 17.2. The maximum absolute atomic E-state index is 12.1. The Morgan fingerprint density at radius 1 is 1.10 bits per heavy atom. The first-order chi connectivity index (χ1) is 10.1. The molecule has 0 spiro atoms. The molecule has 1 rings (SSSR count). The van der Waals surface area contributed by atoms with Crippen LogP contribution in [0.25, 0.3) is 0 Å². The monoisotopic (exact) mass is 290 g/mol. The van der Waals surface area contributed by atoms with Gasteiger partial charge in [-0.15, -0.1) is 0 Å². The van der Waals surface area contributed by atoms with Gasteiger partial charge in [0.2, 0.25) is 11.8 Å². The van der Waals surface area contributed by atoms with Gasteiger partial charge in [0, 0.05) is 19.6 Å². The van der Waals surface area contributed by atoms with Crippen molar-refractivity contribution in [3.63, 3.8) is 0 Å². The van der Waals surface area contributed by atoms with Crippen molar-refractivity contribution >= 4 is 11.8 Å². The molecule has 0 heterocycles. The molecule has 0 saturated carbocycles. The number of benzene rings is 1. The third-order valence-corrected chi connectivity index (χ3v) is 3.39. The Balaban J connectivity index is 2.45. The highest BCUT2D eigenvalue weighted by Crippen LogP contribution is 2.06. The molecule has 0 radical (unpaired) electrons. The molecule has 0 aromatic heterocycles. The summed E-state index contributed by atoms with van der Waals surface area (Å²) in [5, 5.41) is 2.82. The van der Waals surface area contributed by atoms with Crippen LogP contribution in [-0.4, -0.2) is 29.8 Å². The summed E-state index contributed by atoms with van der Waals surface area (Å²) in [5.74, 6) is -0.290. The van der Waals surface area contributed by atoms with E-state index in [0.717, 1.165) is 37.1 Å². The number of carbonyl (C=O) groups excluding carboxylic acids is 2. The Morgan fingerprint density at radius 3 is 2.29 bits per heavy atom. The summed E-state index contributed by atoms with van der Waals surface area (Å²) in [6.45, 7) is 8.00. The molecule has 0 aliphatic carbocycles. The second-order valence-corrected chi connectivity index (χ2v) is 5.26. The van der Waals surface area contributed by atoms with Crippen LogP contribution >= 0.6 is 0 Å².